The molecule has 0 radical (unpaired) electrons. The number of nitrogens with zero attached hydrogens (tertiary/aromatic N) is 1. The van der Waals surface area contributed by atoms with Crippen molar-refractivity contribution in [2.45, 2.75) is 44.1 Å². The van der Waals surface area contributed by atoms with Gasteiger partial charge in [-0.05, 0) is 53.6 Å². The molecule has 0 bridgehead atoms. The van der Waals surface area contributed by atoms with Crippen LogP contribution in [0, 0.1) is 6.92 Å². The molecule has 5 rings (SSSR count). The Hall–Kier alpha value is -4.04. The predicted octanol–water partition coefficient (Wildman–Crippen LogP) is 5.60. The molecule has 0 saturated carbocycles. The van der Waals surface area contributed by atoms with Crippen LogP contribution < -0.4 is 19.1 Å². The molecule has 1 N–H and O–H groups in total. The average Bonchev–Trinajstić information content (AvgIpc) is 2.94. The Morgan fingerprint density at radius 1 is 1.00 bits per heavy atom. The fourth-order valence-corrected chi connectivity index (χ4v) is 6.16. The Morgan fingerprint density at radius 3 is 2.48 bits per heavy atom. The number of benzene rings is 4. The zero-order chi connectivity index (χ0) is 28.5. The van der Waals surface area contributed by atoms with Crippen LogP contribution in [0.25, 0.3) is 10.8 Å². The van der Waals surface area contributed by atoms with Gasteiger partial charge in [-0.3, -0.25) is 9.10 Å². The van der Waals surface area contributed by atoms with E-state index >= 15 is 0 Å². The van der Waals surface area contributed by atoms with Gasteiger partial charge in [0.25, 0.3) is 15.9 Å². The second-order valence-electron chi connectivity index (χ2n) is 11.0. The van der Waals surface area contributed by atoms with Crippen LogP contribution in [0.4, 0.5) is 5.69 Å². The minimum Gasteiger partial charge on any atom is -0.491 e. The van der Waals surface area contributed by atoms with E-state index in [0.29, 0.717) is 11.4 Å². The van der Waals surface area contributed by atoms with Crippen LogP contribution in [0.2, 0.25) is 0 Å². The van der Waals surface area contributed by atoms with Crippen LogP contribution in [0.3, 0.4) is 0 Å². The molecule has 208 valence electrons. The molecule has 0 fully saturated rings. The number of carbonyl (C=O) groups is 1. The third-order valence-corrected chi connectivity index (χ3v) is 8.80. The van der Waals surface area contributed by atoms with Crippen LogP contribution in [-0.2, 0) is 20.2 Å². The average molecular weight is 559 g/mol. The van der Waals surface area contributed by atoms with E-state index in [2.05, 4.69) is 26.1 Å². The number of hydrogen-bond acceptors (Lipinski definition) is 5. The van der Waals surface area contributed by atoms with Crippen LogP contribution in [0.1, 0.15) is 31.9 Å². The van der Waals surface area contributed by atoms with E-state index in [4.69, 9.17) is 9.47 Å². The van der Waals surface area contributed by atoms with Crippen molar-refractivity contribution in [3.63, 3.8) is 0 Å². The molecular weight excluding hydrogens is 524 g/mol. The van der Waals surface area contributed by atoms with Gasteiger partial charge in [0.15, 0.2) is 6.10 Å². The van der Waals surface area contributed by atoms with Gasteiger partial charge in [-0.25, -0.2) is 8.42 Å². The molecule has 0 spiro atoms. The number of hydrogen-bond donors (Lipinski definition) is 1. The highest BCUT2D eigenvalue weighted by molar-refractivity contribution is 7.92. The van der Waals surface area contributed by atoms with Crippen LogP contribution in [0.15, 0.2) is 89.8 Å². The molecular formula is C32H34N2O5S. The first-order chi connectivity index (χ1) is 19.0. The number of amides is 1. The van der Waals surface area contributed by atoms with Crippen LogP contribution >= 0.6 is 0 Å². The maximum absolute atomic E-state index is 13.8. The Morgan fingerprint density at radius 2 is 1.73 bits per heavy atom. The summed E-state index contributed by atoms with van der Waals surface area (Å²) in [6.07, 6.45) is -1.02. The highest BCUT2D eigenvalue weighted by Crippen LogP contribution is 2.40. The normalized spacial score (nSPS) is 15.3. The number of anilines is 1. The number of sulfonamides is 1. The summed E-state index contributed by atoms with van der Waals surface area (Å²) in [4.78, 5) is 13.4. The van der Waals surface area contributed by atoms with E-state index in [1.807, 2.05) is 61.5 Å². The highest BCUT2D eigenvalue weighted by Gasteiger charge is 2.38. The summed E-state index contributed by atoms with van der Waals surface area (Å²) in [7, 11) is -3.95. The molecule has 7 nitrogen and oxygen atoms in total. The number of nitrogens with one attached hydrogen (secondary N) is 1. The summed E-state index contributed by atoms with van der Waals surface area (Å²) in [5.41, 5.74) is 2.15. The summed E-state index contributed by atoms with van der Waals surface area (Å²) in [6.45, 7) is 8.44. The van der Waals surface area contributed by atoms with E-state index in [0.717, 1.165) is 27.6 Å². The number of fused-ring (bicyclic) bond motifs is 2. The van der Waals surface area contributed by atoms with Crippen molar-refractivity contribution in [1.82, 2.24) is 5.32 Å². The van der Waals surface area contributed by atoms with Gasteiger partial charge in [-0.2, -0.15) is 0 Å². The molecule has 0 unspecified atom stereocenters. The van der Waals surface area contributed by atoms with Gasteiger partial charge in [-0.1, -0.05) is 80.9 Å². The number of ether oxygens (including phenoxy) is 2. The second kappa shape index (κ2) is 10.8. The van der Waals surface area contributed by atoms with Gasteiger partial charge in [0.2, 0.25) is 0 Å². The monoisotopic (exact) mass is 558 g/mol. The zero-order valence-electron chi connectivity index (χ0n) is 23.2. The zero-order valence-corrected chi connectivity index (χ0v) is 24.0. The van der Waals surface area contributed by atoms with Crippen molar-refractivity contribution in [2.24, 2.45) is 0 Å². The Bertz CT molecular complexity index is 1640. The number of aryl methyl sites for hydroxylation is 1. The van der Waals surface area contributed by atoms with Crippen molar-refractivity contribution < 1.29 is 22.7 Å². The van der Waals surface area contributed by atoms with Crippen LogP contribution in [0.5, 0.6) is 11.5 Å². The molecule has 4 aromatic carbocycles. The van der Waals surface area contributed by atoms with Gasteiger partial charge in [-0.15, -0.1) is 0 Å². The molecule has 1 atom stereocenters. The van der Waals surface area contributed by atoms with Crippen LogP contribution in [-0.4, -0.2) is 40.1 Å². The quantitative estimate of drug-likeness (QED) is 0.299. The van der Waals surface area contributed by atoms with E-state index in [1.54, 1.807) is 30.3 Å². The van der Waals surface area contributed by atoms with Crippen molar-refractivity contribution in [2.75, 3.05) is 24.0 Å². The predicted molar refractivity (Wildman–Crippen MR) is 158 cm³/mol. The van der Waals surface area contributed by atoms with E-state index in [-0.39, 0.29) is 30.0 Å². The van der Waals surface area contributed by atoms with Gasteiger partial charge >= 0.3 is 0 Å². The minimum absolute atomic E-state index is 0.146. The van der Waals surface area contributed by atoms with E-state index < -0.39 is 22.0 Å². The molecule has 4 aromatic rings. The third-order valence-electron chi connectivity index (χ3n) is 7.00. The maximum atomic E-state index is 13.8. The maximum Gasteiger partial charge on any atom is 0.264 e. The van der Waals surface area contributed by atoms with Crippen molar-refractivity contribution >= 4 is 32.4 Å². The topological polar surface area (TPSA) is 84.9 Å². The first-order valence-electron chi connectivity index (χ1n) is 13.3. The fourth-order valence-electron chi connectivity index (χ4n) is 4.69. The van der Waals surface area contributed by atoms with Crippen molar-refractivity contribution in [3.05, 3.63) is 96.1 Å². The highest BCUT2D eigenvalue weighted by atomic mass is 32.2. The lowest BCUT2D eigenvalue weighted by atomic mass is 9.86. The Kier molecular flexibility index (Phi) is 7.47. The van der Waals surface area contributed by atoms with Gasteiger partial charge < -0.3 is 14.8 Å². The van der Waals surface area contributed by atoms with Gasteiger partial charge in [0, 0.05) is 5.39 Å². The first-order valence-corrected chi connectivity index (χ1v) is 14.8. The molecule has 1 heterocycles. The lowest BCUT2D eigenvalue weighted by molar-refractivity contribution is -0.127. The lowest BCUT2D eigenvalue weighted by Gasteiger charge is -2.36. The molecule has 0 aliphatic carbocycles. The van der Waals surface area contributed by atoms with E-state index in [9.17, 15) is 13.2 Å². The molecule has 0 saturated heterocycles. The van der Waals surface area contributed by atoms with Crippen molar-refractivity contribution in [1.29, 1.82) is 0 Å². The smallest absolute Gasteiger partial charge is 0.264 e. The minimum atomic E-state index is -3.95. The Labute approximate surface area is 235 Å². The summed E-state index contributed by atoms with van der Waals surface area (Å²) in [6, 6.07) is 26.0. The molecule has 8 heteroatoms. The number of rotatable bonds is 7. The first kappa shape index (κ1) is 27.5. The molecule has 40 heavy (non-hydrogen) atoms. The SMILES string of the molecule is Cc1ccc(S(=O)(=O)N2C[C@H](C(=O)NCCOc3cccc4ccccc34)Oc3ccc(C(C)(C)C)cc32)cc1. The third kappa shape index (κ3) is 5.63. The largest absolute Gasteiger partial charge is 0.491 e. The van der Waals surface area contributed by atoms with Gasteiger partial charge in [0.05, 0.1) is 23.7 Å². The van der Waals surface area contributed by atoms with E-state index in [1.165, 1.54) is 4.31 Å². The van der Waals surface area contributed by atoms with Crippen molar-refractivity contribution in [3.8, 4) is 11.5 Å². The molecule has 1 aliphatic rings. The summed E-state index contributed by atoms with van der Waals surface area (Å²) in [5.74, 6) is 0.679. The molecule has 1 amide bonds. The number of carbonyl (C=O) groups excluding carboxylic acids is 1. The lowest BCUT2D eigenvalue weighted by Crippen LogP contribution is -2.51. The second-order valence-corrected chi connectivity index (χ2v) is 12.9. The summed E-state index contributed by atoms with van der Waals surface area (Å²) < 4.78 is 41.0. The Balaban J connectivity index is 1.34. The summed E-state index contributed by atoms with van der Waals surface area (Å²) in [5, 5.41) is 4.91. The summed E-state index contributed by atoms with van der Waals surface area (Å²) >= 11 is 0. The van der Waals surface area contributed by atoms with Gasteiger partial charge in [0.1, 0.15) is 18.1 Å². The fraction of sp³-hybridized carbons (Fsp3) is 0.281. The standard InChI is InChI=1S/C32H34N2O5S/c1-22-12-15-25(16-13-22)40(36,37)34-21-30(39-29-17-14-24(20-27(29)34)32(2,3)4)31(35)33-18-19-38-28-11-7-9-23-8-5-6-10-26(23)28/h5-17,20,30H,18-19,21H2,1-4H3,(H,33,35)/t30-/m1/s1. The molecule has 0 aromatic heterocycles. The molecule has 1 aliphatic heterocycles.